The summed E-state index contributed by atoms with van der Waals surface area (Å²) in [7, 11) is 0. The van der Waals surface area contributed by atoms with Crippen LogP contribution in [0, 0.1) is 5.92 Å². The molecule has 1 heterocycles. The second kappa shape index (κ2) is 2.06. The first-order valence-corrected chi connectivity index (χ1v) is 3.98. The predicted octanol–water partition coefficient (Wildman–Crippen LogP) is 1.14. The molecule has 2 aliphatic rings. The highest BCUT2D eigenvalue weighted by molar-refractivity contribution is 5.87. The lowest BCUT2D eigenvalue weighted by Gasteiger charge is -2.04. The molecule has 1 aliphatic heterocycles. The molecule has 1 aliphatic carbocycles. The summed E-state index contributed by atoms with van der Waals surface area (Å²) in [6, 6.07) is 0. The number of ketones is 1. The summed E-state index contributed by atoms with van der Waals surface area (Å²) in [5.41, 5.74) is 0. The molecule has 0 aromatic rings. The van der Waals surface area contributed by atoms with Crippen molar-refractivity contribution in [3.63, 3.8) is 0 Å². The third-order valence-electron chi connectivity index (χ3n) is 2.60. The Balaban J connectivity index is 2.17. The zero-order valence-electron chi connectivity index (χ0n) is 6.17. The molecule has 56 valence electrons. The molecule has 1 saturated heterocycles. The summed E-state index contributed by atoms with van der Waals surface area (Å²) in [5.74, 6) is 0.595. The zero-order valence-corrected chi connectivity index (χ0v) is 6.17. The van der Waals surface area contributed by atoms with Crippen molar-refractivity contribution in [1.29, 1.82) is 0 Å². The van der Waals surface area contributed by atoms with E-state index in [0.29, 0.717) is 5.78 Å². The molecule has 0 N–H and O–H groups in total. The number of fused-ring (bicyclic) bond motifs is 1. The summed E-state index contributed by atoms with van der Waals surface area (Å²) in [6.07, 6.45) is 3.50. The lowest BCUT2D eigenvalue weighted by atomic mass is 10.0. The highest BCUT2D eigenvalue weighted by Gasteiger charge is 2.43. The average molecular weight is 140 g/mol. The number of rotatable bonds is 0. The maximum absolute atomic E-state index is 11.3. The van der Waals surface area contributed by atoms with Gasteiger partial charge in [-0.05, 0) is 19.8 Å². The van der Waals surface area contributed by atoms with Crippen LogP contribution >= 0.6 is 0 Å². The molecule has 0 radical (unpaired) electrons. The Morgan fingerprint density at radius 2 is 2.30 bits per heavy atom. The quantitative estimate of drug-likeness (QED) is 0.504. The van der Waals surface area contributed by atoms with Crippen LogP contribution in [0.15, 0.2) is 0 Å². The minimum atomic E-state index is -0.115. The van der Waals surface area contributed by atoms with Gasteiger partial charge in [-0.25, -0.2) is 0 Å². The Kier molecular flexibility index (Phi) is 1.31. The highest BCUT2D eigenvalue weighted by Crippen LogP contribution is 2.36. The molecular formula is C8H12O2. The Bertz CT molecular complexity index is 165. The molecule has 0 bridgehead atoms. The van der Waals surface area contributed by atoms with Crippen molar-refractivity contribution in [1.82, 2.24) is 0 Å². The van der Waals surface area contributed by atoms with Crippen LogP contribution in [0.1, 0.15) is 26.2 Å². The zero-order chi connectivity index (χ0) is 7.14. The van der Waals surface area contributed by atoms with Gasteiger partial charge in [-0.3, -0.25) is 4.79 Å². The van der Waals surface area contributed by atoms with E-state index < -0.39 is 0 Å². The molecule has 0 amide bonds. The van der Waals surface area contributed by atoms with Crippen molar-refractivity contribution in [2.75, 3.05) is 0 Å². The minimum absolute atomic E-state index is 0.115. The van der Waals surface area contributed by atoms with Crippen LogP contribution < -0.4 is 0 Å². The van der Waals surface area contributed by atoms with E-state index >= 15 is 0 Å². The molecule has 0 spiro atoms. The summed E-state index contributed by atoms with van der Waals surface area (Å²) in [6.45, 7) is 1.86. The van der Waals surface area contributed by atoms with Crippen molar-refractivity contribution in [3.05, 3.63) is 0 Å². The third kappa shape index (κ3) is 0.717. The number of ether oxygens (including phenoxy) is 1. The molecular weight excluding hydrogens is 128 g/mol. The van der Waals surface area contributed by atoms with E-state index in [9.17, 15) is 4.79 Å². The molecule has 2 rings (SSSR count). The van der Waals surface area contributed by atoms with Crippen LogP contribution in [0.3, 0.4) is 0 Å². The van der Waals surface area contributed by atoms with Crippen LogP contribution in [0.5, 0.6) is 0 Å². The molecule has 2 nitrogen and oxygen atoms in total. The smallest absolute Gasteiger partial charge is 0.166 e. The predicted molar refractivity (Wildman–Crippen MR) is 36.7 cm³/mol. The summed E-state index contributed by atoms with van der Waals surface area (Å²) in [5, 5.41) is 0. The average Bonchev–Trinajstić information content (AvgIpc) is 2.41. The van der Waals surface area contributed by atoms with Gasteiger partial charge in [-0.1, -0.05) is 6.42 Å². The van der Waals surface area contributed by atoms with Gasteiger partial charge in [0, 0.05) is 5.92 Å². The van der Waals surface area contributed by atoms with Crippen LogP contribution in [-0.2, 0) is 9.53 Å². The molecule has 3 unspecified atom stereocenters. The Labute approximate surface area is 60.6 Å². The normalized spacial score (nSPS) is 46.1. The summed E-state index contributed by atoms with van der Waals surface area (Å²) < 4.78 is 5.45. The fourth-order valence-corrected chi connectivity index (χ4v) is 2.05. The van der Waals surface area contributed by atoms with E-state index in [1.807, 2.05) is 6.92 Å². The number of hydrogen-bond acceptors (Lipinski definition) is 2. The minimum Gasteiger partial charge on any atom is -0.367 e. The van der Waals surface area contributed by atoms with Gasteiger partial charge in [0.2, 0.25) is 0 Å². The van der Waals surface area contributed by atoms with Gasteiger partial charge in [-0.15, -0.1) is 0 Å². The summed E-state index contributed by atoms with van der Waals surface area (Å²) in [4.78, 5) is 11.3. The molecule has 1 saturated carbocycles. The first kappa shape index (κ1) is 6.35. The second-order valence-corrected chi connectivity index (χ2v) is 3.26. The van der Waals surface area contributed by atoms with Gasteiger partial charge >= 0.3 is 0 Å². The Morgan fingerprint density at radius 1 is 1.50 bits per heavy atom. The Hall–Kier alpha value is -0.370. The van der Waals surface area contributed by atoms with Gasteiger partial charge in [0.25, 0.3) is 0 Å². The summed E-state index contributed by atoms with van der Waals surface area (Å²) >= 11 is 0. The van der Waals surface area contributed by atoms with Gasteiger partial charge in [0.1, 0.15) is 6.10 Å². The van der Waals surface area contributed by atoms with E-state index in [2.05, 4.69) is 0 Å². The van der Waals surface area contributed by atoms with E-state index in [1.165, 1.54) is 6.42 Å². The largest absolute Gasteiger partial charge is 0.367 e. The SMILES string of the molecule is CC1OC2CCCC2C1=O. The molecule has 0 aromatic heterocycles. The van der Waals surface area contributed by atoms with Gasteiger partial charge in [-0.2, -0.15) is 0 Å². The lowest BCUT2D eigenvalue weighted by Crippen LogP contribution is -2.15. The maximum atomic E-state index is 11.3. The Morgan fingerprint density at radius 3 is 3.00 bits per heavy atom. The topological polar surface area (TPSA) is 26.3 Å². The highest BCUT2D eigenvalue weighted by atomic mass is 16.5. The third-order valence-corrected chi connectivity index (χ3v) is 2.60. The molecule has 3 atom stereocenters. The molecule has 2 heteroatoms. The van der Waals surface area contributed by atoms with Crippen molar-refractivity contribution in [3.8, 4) is 0 Å². The fourth-order valence-electron chi connectivity index (χ4n) is 2.05. The standard InChI is InChI=1S/C8H12O2/c1-5-8(9)6-3-2-4-7(6)10-5/h5-7H,2-4H2,1H3. The van der Waals surface area contributed by atoms with Crippen molar-refractivity contribution in [2.24, 2.45) is 5.92 Å². The monoisotopic (exact) mass is 140 g/mol. The van der Waals surface area contributed by atoms with Crippen molar-refractivity contribution < 1.29 is 9.53 Å². The van der Waals surface area contributed by atoms with Crippen LogP contribution in [0.25, 0.3) is 0 Å². The number of carbonyl (C=O) groups is 1. The first-order valence-electron chi connectivity index (χ1n) is 3.98. The van der Waals surface area contributed by atoms with Crippen LogP contribution in [0.4, 0.5) is 0 Å². The van der Waals surface area contributed by atoms with Gasteiger partial charge in [0.15, 0.2) is 5.78 Å². The van der Waals surface area contributed by atoms with E-state index in [-0.39, 0.29) is 18.1 Å². The van der Waals surface area contributed by atoms with E-state index in [0.717, 1.165) is 12.8 Å². The molecule has 0 aromatic carbocycles. The maximum Gasteiger partial charge on any atom is 0.166 e. The number of Topliss-reactive ketones (excluding diaryl/α,β-unsaturated/α-hetero) is 1. The van der Waals surface area contributed by atoms with E-state index in [1.54, 1.807) is 0 Å². The van der Waals surface area contributed by atoms with Gasteiger partial charge in [0.05, 0.1) is 6.10 Å². The fraction of sp³-hybridized carbons (Fsp3) is 0.875. The number of hydrogen-bond donors (Lipinski definition) is 0. The molecule has 10 heavy (non-hydrogen) atoms. The van der Waals surface area contributed by atoms with Gasteiger partial charge < -0.3 is 4.74 Å². The lowest BCUT2D eigenvalue weighted by molar-refractivity contribution is -0.124. The van der Waals surface area contributed by atoms with E-state index in [4.69, 9.17) is 4.74 Å². The van der Waals surface area contributed by atoms with Crippen LogP contribution in [-0.4, -0.2) is 18.0 Å². The molecule has 2 fully saturated rings. The number of carbonyl (C=O) groups excluding carboxylic acids is 1. The second-order valence-electron chi connectivity index (χ2n) is 3.26. The van der Waals surface area contributed by atoms with Crippen LogP contribution in [0.2, 0.25) is 0 Å². The first-order chi connectivity index (χ1) is 4.79. The van der Waals surface area contributed by atoms with Crippen molar-refractivity contribution >= 4 is 5.78 Å². The van der Waals surface area contributed by atoms with Crippen molar-refractivity contribution in [2.45, 2.75) is 38.4 Å².